The number of hydrogen-bond acceptors (Lipinski definition) is 4. The molecule has 0 amide bonds. The lowest BCUT2D eigenvalue weighted by Gasteiger charge is -2.02. The van der Waals surface area contributed by atoms with Gasteiger partial charge < -0.3 is 4.74 Å². The number of rotatable bonds is 4. The second-order valence-electron chi connectivity index (χ2n) is 3.65. The van der Waals surface area contributed by atoms with E-state index in [-0.39, 0.29) is 5.78 Å². The Labute approximate surface area is 98.8 Å². The van der Waals surface area contributed by atoms with Crippen molar-refractivity contribution >= 4 is 5.78 Å². The normalized spacial score (nSPS) is 10.2. The van der Waals surface area contributed by atoms with Crippen LogP contribution in [0, 0.1) is 6.92 Å². The van der Waals surface area contributed by atoms with Gasteiger partial charge in [-0.05, 0) is 19.1 Å². The van der Waals surface area contributed by atoms with E-state index >= 15 is 0 Å². The van der Waals surface area contributed by atoms with E-state index in [9.17, 15) is 4.79 Å². The highest BCUT2D eigenvalue weighted by Crippen LogP contribution is 2.18. The van der Waals surface area contributed by atoms with Gasteiger partial charge in [-0.1, -0.05) is 6.92 Å². The van der Waals surface area contributed by atoms with Crippen molar-refractivity contribution in [2.24, 2.45) is 0 Å². The van der Waals surface area contributed by atoms with Crippen LogP contribution in [-0.2, 0) is 0 Å². The van der Waals surface area contributed by atoms with Gasteiger partial charge in [-0.2, -0.15) is 0 Å². The summed E-state index contributed by atoms with van der Waals surface area (Å²) in [6.45, 7) is 3.70. The van der Waals surface area contributed by atoms with E-state index in [1.54, 1.807) is 25.1 Å². The molecule has 1 N–H and O–H groups in total. The van der Waals surface area contributed by atoms with Crippen LogP contribution in [0.5, 0.6) is 11.6 Å². The molecule has 0 aliphatic carbocycles. The molecule has 5 nitrogen and oxygen atoms in total. The molecule has 2 rings (SSSR count). The van der Waals surface area contributed by atoms with Gasteiger partial charge in [0.15, 0.2) is 5.78 Å². The van der Waals surface area contributed by atoms with E-state index in [1.165, 1.54) is 6.20 Å². The molecule has 5 heteroatoms. The second-order valence-corrected chi connectivity index (χ2v) is 3.65. The van der Waals surface area contributed by atoms with Gasteiger partial charge in [0, 0.05) is 18.2 Å². The number of pyridine rings is 1. The predicted octanol–water partition coefficient (Wildman–Crippen LogP) is 2.50. The molecule has 0 unspecified atom stereocenters. The van der Waals surface area contributed by atoms with Gasteiger partial charge in [-0.3, -0.25) is 9.89 Å². The molecular weight excluding hydrogens is 218 g/mol. The zero-order valence-corrected chi connectivity index (χ0v) is 9.73. The maximum Gasteiger partial charge on any atom is 0.238 e. The molecule has 17 heavy (non-hydrogen) atoms. The van der Waals surface area contributed by atoms with Crippen molar-refractivity contribution in [3.8, 4) is 11.6 Å². The number of nitrogens with one attached hydrogen (secondary N) is 1. The zero-order chi connectivity index (χ0) is 12.3. The van der Waals surface area contributed by atoms with Crippen LogP contribution in [0.3, 0.4) is 0 Å². The average Bonchev–Trinajstić information content (AvgIpc) is 2.75. The summed E-state index contributed by atoms with van der Waals surface area (Å²) in [6, 6.07) is 5.14. The van der Waals surface area contributed by atoms with E-state index in [2.05, 4.69) is 15.2 Å². The molecule has 0 aliphatic rings. The van der Waals surface area contributed by atoms with Crippen molar-refractivity contribution < 1.29 is 9.53 Å². The Kier molecular flexibility index (Phi) is 3.18. The van der Waals surface area contributed by atoms with Crippen LogP contribution in [-0.4, -0.2) is 21.0 Å². The van der Waals surface area contributed by atoms with E-state index in [4.69, 9.17) is 4.74 Å². The summed E-state index contributed by atoms with van der Waals surface area (Å²) in [5.41, 5.74) is 1.38. The number of carbonyl (C=O) groups is 1. The number of ether oxygens (including phenoxy) is 1. The number of hydrogen-bond donors (Lipinski definition) is 1. The van der Waals surface area contributed by atoms with E-state index in [1.807, 2.05) is 6.92 Å². The fourth-order valence-corrected chi connectivity index (χ4v) is 1.35. The Morgan fingerprint density at radius 2 is 2.29 bits per heavy atom. The molecule has 0 aromatic carbocycles. The van der Waals surface area contributed by atoms with Gasteiger partial charge in [-0.25, -0.2) is 4.98 Å². The Bertz CT molecular complexity index is 517. The number of aromatic nitrogens is 3. The molecule has 0 saturated carbocycles. The third kappa shape index (κ3) is 2.69. The fraction of sp³-hybridized carbons (Fsp3) is 0.250. The highest BCUT2D eigenvalue weighted by molar-refractivity contribution is 5.93. The number of aromatic amines is 1. The minimum absolute atomic E-state index is 0.0205. The first-order chi connectivity index (χ1) is 8.19. The highest BCUT2D eigenvalue weighted by Gasteiger charge is 2.06. The lowest BCUT2D eigenvalue weighted by Crippen LogP contribution is -1.99. The first-order valence-electron chi connectivity index (χ1n) is 5.38. The van der Waals surface area contributed by atoms with E-state index in [0.717, 1.165) is 5.69 Å². The number of Topliss-reactive ketones (excluding diaryl/α,β-unsaturated/α-hetero) is 1. The number of H-pyrrole nitrogens is 1. The molecule has 0 radical (unpaired) electrons. The average molecular weight is 231 g/mol. The third-order valence-electron chi connectivity index (χ3n) is 2.25. The number of nitrogens with zero attached hydrogens (tertiary/aromatic N) is 2. The van der Waals surface area contributed by atoms with Gasteiger partial charge in [0.2, 0.25) is 5.88 Å². The zero-order valence-electron chi connectivity index (χ0n) is 9.73. The molecule has 88 valence electrons. The number of ketones is 1. The van der Waals surface area contributed by atoms with Gasteiger partial charge in [0.05, 0.1) is 6.20 Å². The first kappa shape index (κ1) is 11.3. The SMILES string of the molecule is CCC(=O)c1ccc(Oc2cc(C)[nH]n2)cn1. The molecule has 0 saturated heterocycles. The summed E-state index contributed by atoms with van der Waals surface area (Å²) < 4.78 is 5.45. The van der Waals surface area contributed by atoms with Gasteiger partial charge >= 0.3 is 0 Å². The van der Waals surface area contributed by atoms with Crippen LogP contribution in [0.15, 0.2) is 24.4 Å². The van der Waals surface area contributed by atoms with Crippen molar-refractivity contribution in [1.29, 1.82) is 0 Å². The largest absolute Gasteiger partial charge is 0.436 e. The minimum atomic E-state index is 0.0205. The van der Waals surface area contributed by atoms with Crippen molar-refractivity contribution in [2.75, 3.05) is 0 Å². The summed E-state index contributed by atoms with van der Waals surface area (Å²) in [5.74, 6) is 1.06. The summed E-state index contributed by atoms with van der Waals surface area (Å²) in [4.78, 5) is 15.4. The van der Waals surface area contributed by atoms with Crippen LogP contribution in [0.25, 0.3) is 0 Å². The fourth-order valence-electron chi connectivity index (χ4n) is 1.35. The molecule has 2 heterocycles. The maximum absolute atomic E-state index is 11.4. The summed E-state index contributed by atoms with van der Waals surface area (Å²) in [7, 11) is 0. The van der Waals surface area contributed by atoms with Gasteiger partial charge in [0.25, 0.3) is 0 Å². The van der Waals surface area contributed by atoms with Gasteiger partial charge in [-0.15, -0.1) is 5.10 Å². The van der Waals surface area contributed by atoms with Crippen LogP contribution < -0.4 is 4.74 Å². The summed E-state index contributed by atoms with van der Waals surface area (Å²) in [6.07, 6.45) is 1.97. The van der Waals surface area contributed by atoms with Crippen LogP contribution in [0.2, 0.25) is 0 Å². The van der Waals surface area contributed by atoms with Crippen molar-refractivity contribution in [3.63, 3.8) is 0 Å². The quantitative estimate of drug-likeness (QED) is 0.821. The van der Waals surface area contributed by atoms with Crippen molar-refractivity contribution in [2.45, 2.75) is 20.3 Å². The monoisotopic (exact) mass is 231 g/mol. The van der Waals surface area contributed by atoms with Gasteiger partial charge in [0.1, 0.15) is 11.4 Å². The topological polar surface area (TPSA) is 67.9 Å². The minimum Gasteiger partial charge on any atom is -0.436 e. The van der Waals surface area contributed by atoms with Crippen LogP contribution in [0.1, 0.15) is 29.5 Å². The number of carbonyl (C=O) groups excluding carboxylic acids is 1. The smallest absolute Gasteiger partial charge is 0.238 e. The summed E-state index contributed by atoms with van der Waals surface area (Å²) in [5, 5.41) is 6.72. The molecule has 0 fully saturated rings. The first-order valence-corrected chi connectivity index (χ1v) is 5.38. The Morgan fingerprint density at radius 3 is 2.82 bits per heavy atom. The van der Waals surface area contributed by atoms with E-state index in [0.29, 0.717) is 23.7 Å². The third-order valence-corrected chi connectivity index (χ3v) is 2.25. The van der Waals surface area contributed by atoms with Crippen LogP contribution >= 0.6 is 0 Å². The Balaban J connectivity index is 2.10. The maximum atomic E-state index is 11.4. The number of aryl methyl sites for hydroxylation is 1. The van der Waals surface area contributed by atoms with E-state index < -0.39 is 0 Å². The predicted molar refractivity (Wildman–Crippen MR) is 62.3 cm³/mol. The molecule has 0 bridgehead atoms. The molecular formula is C12H13N3O2. The second kappa shape index (κ2) is 4.78. The molecule has 0 aliphatic heterocycles. The lowest BCUT2D eigenvalue weighted by atomic mass is 10.2. The van der Waals surface area contributed by atoms with Crippen molar-refractivity contribution in [3.05, 3.63) is 35.8 Å². The van der Waals surface area contributed by atoms with Crippen molar-refractivity contribution in [1.82, 2.24) is 15.2 Å². The summed E-state index contributed by atoms with van der Waals surface area (Å²) >= 11 is 0. The highest BCUT2D eigenvalue weighted by atomic mass is 16.5. The standard InChI is InChI=1S/C12H13N3O2/c1-3-11(16)10-5-4-9(7-13-10)17-12-6-8(2)14-15-12/h4-7H,3H2,1-2H3,(H,14,15). The molecule has 0 atom stereocenters. The lowest BCUT2D eigenvalue weighted by molar-refractivity contribution is 0.0983. The van der Waals surface area contributed by atoms with Crippen LogP contribution in [0.4, 0.5) is 0 Å². The Hall–Kier alpha value is -2.17. The molecule has 2 aromatic heterocycles. The molecule has 2 aromatic rings. The molecule has 0 spiro atoms. The Morgan fingerprint density at radius 1 is 1.47 bits per heavy atom.